The van der Waals surface area contributed by atoms with Crippen LogP contribution in [0.25, 0.3) is 0 Å². The number of rotatable bonds is 3. The molecule has 0 aromatic carbocycles. The lowest BCUT2D eigenvalue weighted by molar-refractivity contribution is 0.582. The van der Waals surface area contributed by atoms with Crippen LogP contribution in [0.4, 0.5) is 5.69 Å². The van der Waals surface area contributed by atoms with Crippen LogP contribution in [0.5, 0.6) is 0 Å². The molecule has 0 fully saturated rings. The Morgan fingerprint density at radius 2 is 2.25 bits per heavy atom. The number of hydrogen-bond donors (Lipinski definition) is 2. The number of sulfonamides is 1. The van der Waals surface area contributed by atoms with Gasteiger partial charge in [0.1, 0.15) is 0 Å². The summed E-state index contributed by atoms with van der Waals surface area (Å²) in [6.45, 7) is 0. The maximum Gasteiger partial charge on any atom is 0.280 e. The normalized spacial score (nSPS) is 11.6. The number of nitrogens with zero attached hydrogens (tertiary/aromatic N) is 3. The molecule has 2 rings (SSSR count). The van der Waals surface area contributed by atoms with E-state index in [2.05, 4.69) is 20.0 Å². The maximum absolute atomic E-state index is 11.9. The third-order valence-corrected chi connectivity index (χ3v) is 3.73. The molecule has 2 aromatic heterocycles. The average Bonchev–Trinajstić information content (AvgIpc) is 2.76. The first-order valence-corrected chi connectivity index (χ1v) is 6.06. The molecule has 2 aromatic rings. The molecular weight excluding hydrogens is 254 g/mol. The number of halogens is 1. The van der Waals surface area contributed by atoms with E-state index in [1.165, 1.54) is 30.3 Å². The topological polar surface area (TPSA) is 92.7 Å². The van der Waals surface area contributed by atoms with Crippen LogP contribution in [-0.4, -0.2) is 28.4 Å². The lowest BCUT2D eigenvalue weighted by atomic mass is 10.6. The van der Waals surface area contributed by atoms with Crippen molar-refractivity contribution in [3.8, 4) is 0 Å². The molecule has 7 nitrogen and oxygen atoms in total. The van der Waals surface area contributed by atoms with Crippen molar-refractivity contribution < 1.29 is 8.42 Å². The van der Waals surface area contributed by atoms with Gasteiger partial charge >= 0.3 is 0 Å². The molecule has 86 valence electrons. The first-order chi connectivity index (χ1) is 7.50. The molecule has 16 heavy (non-hydrogen) atoms. The zero-order chi connectivity index (χ0) is 11.8. The summed E-state index contributed by atoms with van der Waals surface area (Å²) in [6, 6.07) is 0. The van der Waals surface area contributed by atoms with Gasteiger partial charge in [-0.2, -0.15) is 18.6 Å². The fraction of sp³-hybridized carbons (Fsp3) is 0.143. The smallest absolute Gasteiger partial charge is 0.280 e. The van der Waals surface area contributed by atoms with Gasteiger partial charge in [-0.3, -0.25) is 14.5 Å². The van der Waals surface area contributed by atoms with Crippen LogP contribution in [0.3, 0.4) is 0 Å². The zero-order valence-corrected chi connectivity index (χ0v) is 9.75. The van der Waals surface area contributed by atoms with Gasteiger partial charge in [-0.25, -0.2) is 0 Å². The van der Waals surface area contributed by atoms with Crippen molar-refractivity contribution in [3.63, 3.8) is 0 Å². The van der Waals surface area contributed by atoms with E-state index in [9.17, 15) is 8.42 Å². The van der Waals surface area contributed by atoms with E-state index in [0.717, 1.165) is 0 Å². The molecular formula is C7H8ClN5O2S. The fourth-order valence-corrected chi connectivity index (χ4v) is 2.91. The lowest BCUT2D eigenvalue weighted by Crippen LogP contribution is -2.16. The van der Waals surface area contributed by atoms with Crippen LogP contribution >= 0.6 is 11.6 Å². The van der Waals surface area contributed by atoms with E-state index in [4.69, 9.17) is 11.6 Å². The van der Waals surface area contributed by atoms with Gasteiger partial charge in [0.15, 0.2) is 5.03 Å². The van der Waals surface area contributed by atoms with E-state index in [1.807, 2.05) is 0 Å². The number of aromatic nitrogens is 4. The van der Waals surface area contributed by atoms with Crippen LogP contribution in [0.2, 0.25) is 5.02 Å². The molecule has 0 aliphatic carbocycles. The fourth-order valence-electron chi connectivity index (χ4n) is 1.21. The molecule has 0 unspecified atom stereocenters. The van der Waals surface area contributed by atoms with Gasteiger partial charge in [-0.15, -0.1) is 0 Å². The van der Waals surface area contributed by atoms with Crippen LogP contribution in [0, 0.1) is 0 Å². The number of aromatic amines is 1. The van der Waals surface area contributed by atoms with Gasteiger partial charge in [0, 0.05) is 13.2 Å². The number of hydrogen-bond acceptors (Lipinski definition) is 4. The highest BCUT2D eigenvalue weighted by Gasteiger charge is 2.22. The molecule has 0 atom stereocenters. The minimum Gasteiger partial charge on any atom is -0.284 e. The number of nitrogens with one attached hydrogen (secondary N) is 2. The SMILES string of the molecule is Cn1ncc(Cl)c1S(=O)(=O)Nc1cn[nH]c1. The number of anilines is 1. The minimum absolute atomic E-state index is 0.0681. The van der Waals surface area contributed by atoms with Crippen LogP contribution < -0.4 is 4.72 Å². The summed E-state index contributed by atoms with van der Waals surface area (Å²) in [7, 11) is -2.25. The highest BCUT2D eigenvalue weighted by atomic mass is 35.5. The van der Waals surface area contributed by atoms with Gasteiger partial charge in [-0.1, -0.05) is 11.6 Å². The van der Waals surface area contributed by atoms with Gasteiger partial charge in [0.25, 0.3) is 10.0 Å². The third-order valence-electron chi connectivity index (χ3n) is 1.85. The summed E-state index contributed by atoms with van der Waals surface area (Å²) in [5.41, 5.74) is 0.331. The predicted molar refractivity (Wildman–Crippen MR) is 57.6 cm³/mol. The molecule has 9 heteroatoms. The van der Waals surface area contributed by atoms with Crippen molar-refractivity contribution in [2.75, 3.05) is 4.72 Å². The van der Waals surface area contributed by atoms with E-state index >= 15 is 0 Å². The zero-order valence-electron chi connectivity index (χ0n) is 8.18. The van der Waals surface area contributed by atoms with E-state index in [0.29, 0.717) is 5.69 Å². The Balaban J connectivity index is 2.40. The number of H-pyrrole nitrogens is 1. The number of aryl methyl sites for hydroxylation is 1. The van der Waals surface area contributed by atoms with Crippen LogP contribution in [0.15, 0.2) is 23.6 Å². The summed E-state index contributed by atoms with van der Waals surface area (Å²) in [4.78, 5) is 0. The highest BCUT2D eigenvalue weighted by molar-refractivity contribution is 7.92. The van der Waals surface area contributed by atoms with Gasteiger partial charge < -0.3 is 0 Å². The molecule has 0 aliphatic heterocycles. The second kappa shape index (κ2) is 3.80. The Kier molecular flexibility index (Phi) is 2.60. The van der Waals surface area contributed by atoms with Crippen molar-refractivity contribution in [1.29, 1.82) is 0 Å². The molecule has 0 saturated heterocycles. The first-order valence-electron chi connectivity index (χ1n) is 4.20. The molecule has 0 amide bonds. The van der Waals surface area contributed by atoms with E-state index in [-0.39, 0.29) is 10.0 Å². The Bertz CT molecular complexity index is 569. The van der Waals surface area contributed by atoms with E-state index in [1.54, 1.807) is 0 Å². The largest absolute Gasteiger partial charge is 0.284 e. The monoisotopic (exact) mass is 261 g/mol. The maximum atomic E-state index is 11.9. The van der Waals surface area contributed by atoms with Gasteiger partial charge in [-0.05, 0) is 0 Å². The Morgan fingerprint density at radius 1 is 1.50 bits per heavy atom. The first kappa shape index (κ1) is 11.0. The average molecular weight is 262 g/mol. The van der Waals surface area contributed by atoms with Crippen molar-refractivity contribution in [3.05, 3.63) is 23.6 Å². The van der Waals surface area contributed by atoms with Crippen molar-refractivity contribution >= 4 is 27.3 Å². The van der Waals surface area contributed by atoms with Crippen molar-refractivity contribution in [2.45, 2.75) is 5.03 Å². The van der Waals surface area contributed by atoms with E-state index < -0.39 is 10.0 Å². The summed E-state index contributed by atoms with van der Waals surface area (Å²) >= 11 is 5.74. The Hall–Kier alpha value is -1.54. The summed E-state index contributed by atoms with van der Waals surface area (Å²) in [5, 5.41) is 9.85. The molecule has 0 bridgehead atoms. The standard InChI is InChI=1S/C7H8ClN5O2S/c1-13-7(6(8)4-11-13)16(14,15)12-5-2-9-10-3-5/h2-4,12H,1H3,(H,9,10). The molecule has 0 saturated carbocycles. The lowest BCUT2D eigenvalue weighted by Gasteiger charge is -2.05. The second-order valence-electron chi connectivity index (χ2n) is 3.01. The summed E-state index contributed by atoms with van der Waals surface area (Å²) in [5.74, 6) is 0. The molecule has 2 N–H and O–H groups in total. The second-order valence-corrected chi connectivity index (χ2v) is 5.02. The van der Waals surface area contributed by atoms with Crippen LogP contribution in [0.1, 0.15) is 0 Å². The quantitative estimate of drug-likeness (QED) is 0.846. The minimum atomic E-state index is -3.74. The molecule has 2 heterocycles. The predicted octanol–water partition coefficient (Wildman–Crippen LogP) is 0.597. The summed E-state index contributed by atoms with van der Waals surface area (Å²) < 4.78 is 27.3. The van der Waals surface area contributed by atoms with Crippen molar-refractivity contribution in [2.24, 2.45) is 7.05 Å². The van der Waals surface area contributed by atoms with Gasteiger partial charge in [0.2, 0.25) is 0 Å². The molecule has 0 spiro atoms. The van der Waals surface area contributed by atoms with Gasteiger partial charge in [0.05, 0.1) is 23.1 Å². The molecule has 0 aliphatic rings. The third kappa shape index (κ3) is 1.89. The Morgan fingerprint density at radius 3 is 2.75 bits per heavy atom. The molecule has 0 radical (unpaired) electrons. The summed E-state index contributed by atoms with van der Waals surface area (Å²) in [6.07, 6.45) is 4.04. The highest BCUT2D eigenvalue weighted by Crippen LogP contribution is 2.22. The van der Waals surface area contributed by atoms with Crippen molar-refractivity contribution in [1.82, 2.24) is 20.0 Å². The van der Waals surface area contributed by atoms with Crippen LogP contribution in [-0.2, 0) is 17.1 Å². The Labute approximate surface area is 96.5 Å².